The number of carbonyl (C=O) groups excluding carboxylic acids is 1. The second-order valence-corrected chi connectivity index (χ2v) is 10.7. The van der Waals surface area contributed by atoms with Gasteiger partial charge < -0.3 is 15.4 Å². The van der Waals surface area contributed by atoms with Gasteiger partial charge in [-0.15, -0.1) is 0 Å². The van der Waals surface area contributed by atoms with E-state index >= 15 is 0 Å². The molecule has 4 aromatic rings. The molecular weight excluding hydrogens is 525 g/mol. The molecule has 3 aromatic carbocycles. The van der Waals surface area contributed by atoms with Gasteiger partial charge in [-0.05, 0) is 73.0 Å². The number of likely N-dealkylation sites (tertiary alicyclic amines) is 1. The molecule has 6 rings (SSSR count). The van der Waals surface area contributed by atoms with Gasteiger partial charge in [-0.1, -0.05) is 42.5 Å². The number of carbonyl (C=O) groups is 1. The van der Waals surface area contributed by atoms with E-state index in [1.165, 1.54) is 30.3 Å². The lowest BCUT2D eigenvalue weighted by Crippen LogP contribution is -2.33. The average molecular weight is 554 g/mol. The van der Waals surface area contributed by atoms with Gasteiger partial charge in [0, 0.05) is 30.4 Å². The van der Waals surface area contributed by atoms with E-state index in [4.69, 9.17) is 15.6 Å². The number of amidine groups is 1. The number of nitrogens with zero attached hydrogens (tertiary/aromatic N) is 4. The number of hydrogen-bond acceptors (Lipinski definition) is 6. The highest BCUT2D eigenvalue weighted by atomic mass is 32.2. The van der Waals surface area contributed by atoms with Crippen molar-refractivity contribution < 1.29 is 13.9 Å². The molecule has 2 aliphatic heterocycles. The Balaban J connectivity index is 1.34. The van der Waals surface area contributed by atoms with Gasteiger partial charge >= 0.3 is 0 Å². The molecule has 202 valence electrons. The molecule has 0 atom stereocenters. The molecule has 0 aliphatic carbocycles. The third-order valence-electron chi connectivity index (χ3n) is 6.91. The van der Waals surface area contributed by atoms with Gasteiger partial charge in [-0.2, -0.15) is 10.1 Å². The van der Waals surface area contributed by atoms with Crippen molar-refractivity contribution in [2.45, 2.75) is 25.9 Å². The number of amides is 1. The van der Waals surface area contributed by atoms with Gasteiger partial charge in [-0.3, -0.25) is 4.79 Å². The molecule has 1 saturated heterocycles. The molecule has 2 aliphatic rings. The highest BCUT2D eigenvalue weighted by Crippen LogP contribution is 2.37. The van der Waals surface area contributed by atoms with Crippen molar-refractivity contribution in [2.24, 2.45) is 10.7 Å². The maximum absolute atomic E-state index is 13.3. The van der Waals surface area contributed by atoms with E-state index in [0.29, 0.717) is 34.2 Å². The predicted octanol–water partition coefficient (Wildman–Crippen LogP) is 6.00. The van der Waals surface area contributed by atoms with Gasteiger partial charge in [0.2, 0.25) is 0 Å². The van der Waals surface area contributed by atoms with Crippen molar-refractivity contribution in [3.63, 3.8) is 0 Å². The van der Waals surface area contributed by atoms with E-state index in [9.17, 15) is 9.18 Å². The lowest BCUT2D eigenvalue weighted by atomic mass is 10.1. The Morgan fingerprint density at radius 2 is 1.75 bits per heavy atom. The quantitative estimate of drug-likeness (QED) is 0.295. The molecule has 1 amide bonds. The number of nitrogens with two attached hydrogens (primary N) is 1. The Hall–Kier alpha value is -4.37. The third kappa shape index (κ3) is 5.51. The van der Waals surface area contributed by atoms with E-state index in [1.807, 2.05) is 60.8 Å². The molecule has 0 bridgehead atoms. The number of thioether (sulfide) groups is 1. The molecule has 3 heterocycles. The first-order chi connectivity index (χ1) is 19.5. The molecule has 0 saturated carbocycles. The minimum atomic E-state index is -0.321. The second kappa shape index (κ2) is 11.4. The maximum atomic E-state index is 13.3. The van der Waals surface area contributed by atoms with Gasteiger partial charge in [0.15, 0.2) is 5.17 Å². The number of para-hydroxylation sites is 1. The van der Waals surface area contributed by atoms with Crippen molar-refractivity contribution in [2.75, 3.05) is 13.1 Å². The molecule has 1 fully saturated rings. The van der Waals surface area contributed by atoms with Gasteiger partial charge in [0.25, 0.3) is 5.91 Å². The monoisotopic (exact) mass is 553 g/mol. The van der Waals surface area contributed by atoms with Gasteiger partial charge in [0.05, 0.1) is 11.4 Å². The first-order valence-corrected chi connectivity index (χ1v) is 14.1. The fourth-order valence-corrected chi connectivity index (χ4v) is 5.76. The molecule has 7 nitrogen and oxygen atoms in total. The topological polar surface area (TPSA) is 85.7 Å². The number of benzene rings is 3. The number of ether oxygens (including phenoxy) is 1. The van der Waals surface area contributed by atoms with E-state index < -0.39 is 0 Å². The summed E-state index contributed by atoms with van der Waals surface area (Å²) < 4.78 is 21.0. The SMILES string of the molecule is N/C(=C1/SC(N2CCCCC2)=NC1=O)c1cn(-c2ccccc2)nc1-c1cccc(OCc2ccc(F)cc2)c1. The number of aliphatic imine (C=N–C) groups is 1. The van der Waals surface area contributed by atoms with Gasteiger partial charge in [0.1, 0.15) is 28.8 Å². The largest absolute Gasteiger partial charge is 0.489 e. The number of piperidine rings is 1. The number of halogens is 1. The van der Waals surface area contributed by atoms with Crippen molar-refractivity contribution in [1.29, 1.82) is 0 Å². The summed E-state index contributed by atoms with van der Waals surface area (Å²) in [5, 5.41) is 5.60. The number of aromatic nitrogens is 2. The number of rotatable bonds is 6. The predicted molar refractivity (Wildman–Crippen MR) is 156 cm³/mol. The molecule has 1 aromatic heterocycles. The van der Waals surface area contributed by atoms with Crippen LogP contribution in [0.1, 0.15) is 30.4 Å². The van der Waals surface area contributed by atoms with Crippen LogP contribution in [0, 0.1) is 5.82 Å². The summed E-state index contributed by atoms with van der Waals surface area (Å²) in [5.74, 6) is 0.0273. The van der Waals surface area contributed by atoms with E-state index in [-0.39, 0.29) is 11.7 Å². The van der Waals surface area contributed by atoms with E-state index in [2.05, 4.69) is 9.89 Å². The van der Waals surface area contributed by atoms with Crippen LogP contribution in [0.4, 0.5) is 4.39 Å². The third-order valence-corrected chi connectivity index (χ3v) is 8.04. The van der Waals surface area contributed by atoms with Crippen molar-refractivity contribution in [3.8, 4) is 22.7 Å². The van der Waals surface area contributed by atoms with Crippen LogP contribution in [0.5, 0.6) is 5.75 Å². The summed E-state index contributed by atoms with van der Waals surface area (Å²) in [6, 6.07) is 23.5. The smallest absolute Gasteiger partial charge is 0.288 e. The summed E-state index contributed by atoms with van der Waals surface area (Å²) in [4.78, 5) is 19.9. The lowest BCUT2D eigenvalue weighted by molar-refractivity contribution is -0.113. The van der Waals surface area contributed by atoms with Gasteiger partial charge in [-0.25, -0.2) is 9.07 Å². The molecule has 0 radical (unpaired) electrons. The average Bonchev–Trinajstić information content (AvgIpc) is 3.62. The molecule has 40 heavy (non-hydrogen) atoms. The summed E-state index contributed by atoms with van der Waals surface area (Å²) in [6.45, 7) is 2.09. The van der Waals surface area contributed by atoms with Crippen LogP contribution >= 0.6 is 11.8 Å². The highest BCUT2D eigenvalue weighted by molar-refractivity contribution is 8.18. The molecule has 0 spiro atoms. The molecule has 0 unspecified atom stereocenters. The standard InChI is InChI=1S/C31H28FN5O2S/c32-23-14-12-21(13-15-23)20-39-25-11-7-8-22(18-25)28-26(19-37(35-28)24-9-3-1-4-10-24)27(33)29-30(38)34-31(40-29)36-16-5-2-6-17-36/h1,3-4,7-15,18-19H,2,5-6,16-17,20,33H2/b29-27+. The first-order valence-electron chi connectivity index (χ1n) is 13.2. The minimum Gasteiger partial charge on any atom is -0.489 e. The Bertz CT molecular complexity index is 1590. The summed E-state index contributed by atoms with van der Waals surface area (Å²) >= 11 is 1.34. The van der Waals surface area contributed by atoms with Crippen LogP contribution in [0.2, 0.25) is 0 Å². The van der Waals surface area contributed by atoms with Crippen LogP contribution < -0.4 is 10.5 Å². The highest BCUT2D eigenvalue weighted by Gasteiger charge is 2.31. The van der Waals surface area contributed by atoms with Crippen molar-refractivity contribution in [1.82, 2.24) is 14.7 Å². The fourth-order valence-electron chi connectivity index (χ4n) is 4.79. The fraction of sp³-hybridized carbons (Fsp3) is 0.194. The Morgan fingerprint density at radius 3 is 2.52 bits per heavy atom. The van der Waals surface area contributed by atoms with Crippen LogP contribution in [-0.4, -0.2) is 38.8 Å². The minimum absolute atomic E-state index is 0.286. The Kier molecular flexibility index (Phi) is 7.37. The van der Waals surface area contributed by atoms with Crippen LogP contribution in [0.25, 0.3) is 22.6 Å². The normalized spacial score (nSPS) is 16.7. The maximum Gasteiger partial charge on any atom is 0.288 e. The zero-order valence-electron chi connectivity index (χ0n) is 21.8. The number of hydrogen-bond donors (Lipinski definition) is 1. The molecule has 2 N–H and O–H groups in total. The zero-order chi connectivity index (χ0) is 27.5. The molecular formula is C31H28FN5O2S. The summed E-state index contributed by atoms with van der Waals surface area (Å²) in [7, 11) is 0. The lowest BCUT2D eigenvalue weighted by Gasteiger charge is -2.27. The summed E-state index contributed by atoms with van der Waals surface area (Å²) in [5.41, 5.74) is 10.9. The van der Waals surface area contributed by atoms with E-state index in [1.54, 1.807) is 16.8 Å². The zero-order valence-corrected chi connectivity index (χ0v) is 22.6. The first kappa shape index (κ1) is 25.9. The van der Waals surface area contributed by atoms with E-state index in [0.717, 1.165) is 47.9 Å². The Morgan fingerprint density at radius 1 is 0.975 bits per heavy atom. The van der Waals surface area contributed by atoms with Crippen LogP contribution in [-0.2, 0) is 11.4 Å². The van der Waals surface area contributed by atoms with Crippen LogP contribution in [0.3, 0.4) is 0 Å². The van der Waals surface area contributed by atoms with Crippen molar-refractivity contribution >= 4 is 28.5 Å². The van der Waals surface area contributed by atoms with Crippen LogP contribution in [0.15, 0.2) is 95.0 Å². The molecule has 9 heteroatoms. The summed E-state index contributed by atoms with van der Waals surface area (Å²) in [6.07, 6.45) is 5.24. The van der Waals surface area contributed by atoms with Crippen molar-refractivity contribution in [3.05, 3.63) is 107 Å². The Labute approximate surface area is 236 Å². The second-order valence-electron chi connectivity index (χ2n) is 9.71.